The molecule has 0 aliphatic carbocycles. The molecule has 0 amide bonds. The summed E-state index contributed by atoms with van der Waals surface area (Å²) in [6.07, 6.45) is 3.04. The van der Waals surface area contributed by atoms with E-state index in [4.69, 9.17) is 9.15 Å². The summed E-state index contributed by atoms with van der Waals surface area (Å²) in [6.45, 7) is 0. The van der Waals surface area contributed by atoms with Gasteiger partial charge < -0.3 is 19.4 Å². The molecule has 0 bridgehead atoms. The Morgan fingerprint density at radius 3 is 2.64 bits per heavy atom. The zero-order valence-corrected chi connectivity index (χ0v) is 11.7. The first kappa shape index (κ1) is 12.8. The van der Waals surface area contributed by atoms with Gasteiger partial charge in [-0.15, -0.1) is 0 Å². The highest BCUT2D eigenvalue weighted by molar-refractivity contribution is 5.62. The molecule has 2 N–H and O–H groups in total. The summed E-state index contributed by atoms with van der Waals surface area (Å²) < 4.78 is 11.3. The Labute approximate surface area is 127 Å². The number of furan rings is 1. The number of rotatable bonds is 1. The fraction of sp³-hybridized carbons (Fsp3) is 0.111. The van der Waals surface area contributed by atoms with Crippen LogP contribution < -0.4 is 4.74 Å². The summed E-state index contributed by atoms with van der Waals surface area (Å²) in [7, 11) is 0. The lowest BCUT2D eigenvalue weighted by atomic mass is 10.0. The van der Waals surface area contributed by atoms with Crippen molar-refractivity contribution < 1.29 is 19.4 Å². The van der Waals surface area contributed by atoms with E-state index >= 15 is 0 Å². The molecule has 4 rings (SSSR count). The van der Waals surface area contributed by atoms with Crippen molar-refractivity contribution in [3.05, 3.63) is 59.9 Å². The molecule has 0 unspecified atom stereocenters. The summed E-state index contributed by atoms with van der Waals surface area (Å²) in [4.78, 5) is 0. The Hall–Kier alpha value is -2.88. The van der Waals surface area contributed by atoms with Gasteiger partial charge in [-0.1, -0.05) is 0 Å². The topological polar surface area (TPSA) is 62.8 Å². The van der Waals surface area contributed by atoms with Crippen molar-refractivity contribution in [3.8, 4) is 34.3 Å². The fourth-order valence-corrected chi connectivity index (χ4v) is 2.81. The molecule has 0 fully saturated rings. The summed E-state index contributed by atoms with van der Waals surface area (Å²) >= 11 is 0. The minimum absolute atomic E-state index is 0.00749. The maximum absolute atomic E-state index is 9.99. The van der Waals surface area contributed by atoms with Gasteiger partial charge in [0.25, 0.3) is 0 Å². The average Bonchev–Trinajstić information content (AvgIpc) is 2.95. The molecule has 4 heteroatoms. The molecule has 110 valence electrons. The number of phenols is 2. The molecule has 3 aromatic rings. The minimum Gasteiger partial charge on any atom is -0.508 e. The SMILES string of the molecule is Oc1cc(O)c2c(c1)Oc1ccc(-c3ccco3)cc1CC2. The van der Waals surface area contributed by atoms with E-state index in [1.165, 1.54) is 12.1 Å². The predicted octanol–water partition coefficient (Wildman–Crippen LogP) is 4.25. The summed E-state index contributed by atoms with van der Waals surface area (Å²) in [5.41, 5.74) is 2.75. The van der Waals surface area contributed by atoms with E-state index in [0.717, 1.165) is 29.1 Å². The van der Waals surface area contributed by atoms with Crippen LogP contribution in [0.4, 0.5) is 0 Å². The number of benzene rings is 2. The van der Waals surface area contributed by atoms with Crippen molar-refractivity contribution >= 4 is 0 Å². The molecule has 1 aromatic heterocycles. The normalized spacial score (nSPS) is 12.9. The molecule has 0 spiro atoms. The Morgan fingerprint density at radius 2 is 1.82 bits per heavy atom. The lowest BCUT2D eigenvalue weighted by Crippen LogP contribution is -1.90. The zero-order chi connectivity index (χ0) is 15.1. The van der Waals surface area contributed by atoms with Crippen LogP contribution in [0.2, 0.25) is 0 Å². The second-order valence-electron chi connectivity index (χ2n) is 5.34. The van der Waals surface area contributed by atoms with E-state index in [-0.39, 0.29) is 11.5 Å². The first-order chi connectivity index (χ1) is 10.7. The number of aromatic hydroxyl groups is 2. The highest BCUT2D eigenvalue weighted by atomic mass is 16.5. The lowest BCUT2D eigenvalue weighted by Gasteiger charge is -2.10. The van der Waals surface area contributed by atoms with Gasteiger partial charge in [0.1, 0.15) is 28.8 Å². The molecule has 1 aliphatic rings. The van der Waals surface area contributed by atoms with Crippen molar-refractivity contribution in [1.29, 1.82) is 0 Å². The Bertz CT molecular complexity index is 835. The number of hydrogen-bond acceptors (Lipinski definition) is 4. The highest BCUT2D eigenvalue weighted by Gasteiger charge is 2.19. The van der Waals surface area contributed by atoms with E-state index in [1.807, 2.05) is 30.3 Å². The monoisotopic (exact) mass is 294 g/mol. The third-order valence-electron chi connectivity index (χ3n) is 3.90. The van der Waals surface area contributed by atoms with Crippen LogP contribution in [0.3, 0.4) is 0 Å². The van der Waals surface area contributed by atoms with Crippen LogP contribution in [0, 0.1) is 0 Å². The van der Waals surface area contributed by atoms with Crippen molar-refractivity contribution in [2.24, 2.45) is 0 Å². The second-order valence-corrected chi connectivity index (χ2v) is 5.34. The van der Waals surface area contributed by atoms with Crippen LogP contribution >= 0.6 is 0 Å². The van der Waals surface area contributed by atoms with Gasteiger partial charge in [0.15, 0.2) is 0 Å². The molecule has 0 saturated heterocycles. The molecule has 2 aromatic carbocycles. The molecule has 0 radical (unpaired) electrons. The van der Waals surface area contributed by atoms with Crippen molar-refractivity contribution in [2.45, 2.75) is 12.8 Å². The number of fused-ring (bicyclic) bond motifs is 2. The van der Waals surface area contributed by atoms with Gasteiger partial charge in [-0.3, -0.25) is 0 Å². The van der Waals surface area contributed by atoms with Gasteiger partial charge in [-0.2, -0.15) is 0 Å². The molecule has 1 aliphatic heterocycles. The first-order valence-corrected chi connectivity index (χ1v) is 7.10. The third kappa shape index (κ3) is 2.09. The van der Waals surface area contributed by atoms with E-state index in [9.17, 15) is 10.2 Å². The molecular formula is C18H14O4. The largest absolute Gasteiger partial charge is 0.508 e. The maximum Gasteiger partial charge on any atom is 0.138 e. The van der Waals surface area contributed by atoms with Crippen LogP contribution in [0.15, 0.2) is 53.1 Å². The van der Waals surface area contributed by atoms with Gasteiger partial charge in [0, 0.05) is 23.3 Å². The van der Waals surface area contributed by atoms with Gasteiger partial charge in [-0.25, -0.2) is 0 Å². The maximum atomic E-state index is 9.99. The molecular weight excluding hydrogens is 280 g/mol. The highest BCUT2D eigenvalue weighted by Crippen LogP contribution is 2.41. The zero-order valence-electron chi connectivity index (χ0n) is 11.7. The van der Waals surface area contributed by atoms with Crippen molar-refractivity contribution in [3.63, 3.8) is 0 Å². The van der Waals surface area contributed by atoms with E-state index in [1.54, 1.807) is 6.26 Å². The Balaban J connectivity index is 1.77. The summed E-state index contributed by atoms with van der Waals surface area (Å²) in [5.74, 6) is 2.10. The van der Waals surface area contributed by atoms with Crippen molar-refractivity contribution in [2.75, 3.05) is 0 Å². The Kier molecular flexibility index (Phi) is 2.82. The van der Waals surface area contributed by atoms with Crippen LogP contribution in [-0.4, -0.2) is 10.2 Å². The van der Waals surface area contributed by atoms with Gasteiger partial charge in [0.05, 0.1) is 6.26 Å². The van der Waals surface area contributed by atoms with Crippen LogP contribution in [0.1, 0.15) is 11.1 Å². The predicted molar refractivity (Wildman–Crippen MR) is 81.4 cm³/mol. The molecule has 22 heavy (non-hydrogen) atoms. The number of hydrogen-bond donors (Lipinski definition) is 2. The average molecular weight is 294 g/mol. The number of phenolic OH excluding ortho intramolecular Hbond substituents is 2. The molecule has 2 heterocycles. The number of ether oxygens (including phenoxy) is 1. The minimum atomic E-state index is -0.00749. The van der Waals surface area contributed by atoms with Gasteiger partial charge >= 0.3 is 0 Å². The van der Waals surface area contributed by atoms with Gasteiger partial charge in [-0.05, 0) is 48.7 Å². The molecule has 0 atom stereocenters. The summed E-state index contributed by atoms with van der Waals surface area (Å²) in [5, 5.41) is 19.6. The number of aryl methyl sites for hydroxylation is 1. The van der Waals surface area contributed by atoms with Crippen LogP contribution in [-0.2, 0) is 12.8 Å². The lowest BCUT2D eigenvalue weighted by molar-refractivity contribution is 0.427. The summed E-state index contributed by atoms with van der Waals surface area (Å²) in [6, 6.07) is 12.5. The van der Waals surface area contributed by atoms with Gasteiger partial charge in [0.2, 0.25) is 0 Å². The first-order valence-electron chi connectivity index (χ1n) is 7.10. The van der Waals surface area contributed by atoms with Crippen LogP contribution in [0.25, 0.3) is 11.3 Å². The quantitative estimate of drug-likeness (QED) is 0.704. The second kappa shape index (κ2) is 4.84. The smallest absolute Gasteiger partial charge is 0.138 e. The third-order valence-corrected chi connectivity index (χ3v) is 3.90. The van der Waals surface area contributed by atoms with Crippen molar-refractivity contribution in [1.82, 2.24) is 0 Å². The standard InChI is InChI=1S/C18H14O4/c19-13-9-15(20)14-5-3-12-8-11(16-2-1-7-21-16)4-6-17(12)22-18(14)10-13/h1-2,4,6-10,19-20H,3,5H2. The van der Waals surface area contributed by atoms with E-state index < -0.39 is 0 Å². The Morgan fingerprint density at radius 1 is 0.909 bits per heavy atom. The molecule has 0 saturated carbocycles. The van der Waals surface area contributed by atoms with E-state index in [0.29, 0.717) is 17.7 Å². The van der Waals surface area contributed by atoms with E-state index in [2.05, 4.69) is 0 Å². The molecule has 4 nitrogen and oxygen atoms in total. The van der Waals surface area contributed by atoms with Crippen LogP contribution in [0.5, 0.6) is 23.0 Å². The fourth-order valence-electron chi connectivity index (χ4n) is 2.81.